The van der Waals surface area contributed by atoms with Gasteiger partial charge in [-0.15, -0.1) is 0 Å². The van der Waals surface area contributed by atoms with Gasteiger partial charge in [0.2, 0.25) is 5.82 Å². The molecule has 0 aliphatic rings. The molecular formula is C10H10F3N3O3. The molecule has 1 unspecified atom stereocenters. The third-order valence-electron chi connectivity index (χ3n) is 2.28. The molecule has 0 fully saturated rings. The van der Waals surface area contributed by atoms with Gasteiger partial charge in [0.1, 0.15) is 0 Å². The first-order chi connectivity index (χ1) is 8.79. The SMILES string of the molecule is CC(NC(=O)c1cc(F)c(F)c(O)c1F)/C(N)=N/O. The highest BCUT2D eigenvalue weighted by Gasteiger charge is 2.23. The first-order valence-corrected chi connectivity index (χ1v) is 4.94. The van der Waals surface area contributed by atoms with Crippen molar-refractivity contribution in [2.75, 3.05) is 0 Å². The number of aromatic hydroxyl groups is 1. The lowest BCUT2D eigenvalue weighted by Gasteiger charge is -2.13. The van der Waals surface area contributed by atoms with Gasteiger partial charge in [-0.2, -0.15) is 4.39 Å². The number of carbonyl (C=O) groups is 1. The number of hydrogen-bond acceptors (Lipinski definition) is 4. The van der Waals surface area contributed by atoms with E-state index < -0.39 is 40.7 Å². The predicted molar refractivity (Wildman–Crippen MR) is 58.3 cm³/mol. The van der Waals surface area contributed by atoms with Crippen LogP contribution in [0.5, 0.6) is 5.75 Å². The van der Waals surface area contributed by atoms with Crippen LogP contribution in [-0.4, -0.2) is 28.1 Å². The fraction of sp³-hybridized carbons (Fsp3) is 0.200. The highest BCUT2D eigenvalue weighted by Crippen LogP contribution is 2.25. The van der Waals surface area contributed by atoms with Gasteiger partial charge >= 0.3 is 0 Å². The predicted octanol–water partition coefficient (Wildman–Crippen LogP) is 0.674. The molecule has 5 N–H and O–H groups in total. The first-order valence-electron chi connectivity index (χ1n) is 4.94. The van der Waals surface area contributed by atoms with Gasteiger partial charge in [-0.3, -0.25) is 4.79 Å². The van der Waals surface area contributed by atoms with E-state index in [2.05, 4.69) is 10.5 Å². The number of nitrogens with two attached hydrogens (primary N) is 1. The smallest absolute Gasteiger partial charge is 0.255 e. The molecule has 1 amide bonds. The van der Waals surface area contributed by atoms with Crippen LogP contribution in [0.25, 0.3) is 0 Å². The molecule has 9 heteroatoms. The van der Waals surface area contributed by atoms with Crippen molar-refractivity contribution in [2.45, 2.75) is 13.0 Å². The number of rotatable bonds is 3. The van der Waals surface area contributed by atoms with Crippen LogP contribution in [-0.2, 0) is 0 Å². The lowest BCUT2D eigenvalue weighted by atomic mass is 10.1. The number of oxime groups is 1. The molecule has 0 radical (unpaired) electrons. The Kier molecular flexibility index (Phi) is 4.20. The van der Waals surface area contributed by atoms with Gasteiger partial charge in [0, 0.05) is 0 Å². The van der Waals surface area contributed by atoms with E-state index in [4.69, 9.17) is 16.0 Å². The maximum atomic E-state index is 13.4. The summed E-state index contributed by atoms with van der Waals surface area (Å²) in [7, 11) is 0. The number of benzene rings is 1. The van der Waals surface area contributed by atoms with Crippen molar-refractivity contribution in [3.8, 4) is 5.75 Å². The molecular weight excluding hydrogens is 267 g/mol. The number of carbonyl (C=O) groups excluding carboxylic acids is 1. The van der Waals surface area contributed by atoms with Crippen LogP contribution in [0.2, 0.25) is 0 Å². The highest BCUT2D eigenvalue weighted by atomic mass is 19.2. The Morgan fingerprint density at radius 1 is 1.42 bits per heavy atom. The summed E-state index contributed by atoms with van der Waals surface area (Å²) in [5.41, 5.74) is 4.26. The quantitative estimate of drug-likeness (QED) is 0.214. The molecule has 0 bridgehead atoms. The van der Waals surface area contributed by atoms with Crippen LogP contribution in [0, 0.1) is 17.5 Å². The van der Waals surface area contributed by atoms with Gasteiger partial charge in [-0.1, -0.05) is 5.16 Å². The first kappa shape index (κ1) is 14.6. The lowest BCUT2D eigenvalue weighted by Crippen LogP contribution is -2.42. The van der Waals surface area contributed by atoms with Gasteiger partial charge in [0.15, 0.2) is 23.2 Å². The molecule has 6 nitrogen and oxygen atoms in total. The summed E-state index contributed by atoms with van der Waals surface area (Å²) in [5.74, 6) is -8.12. The molecule has 1 aromatic carbocycles. The molecule has 0 saturated heterocycles. The van der Waals surface area contributed by atoms with Gasteiger partial charge in [0.25, 0.3) is 5.91 Å². The maximum absolute atomic E-state index is 13.4. The van der Waals surface area contributed by atoms with Gasteiger partial charge in [-0.25, -0.2) is 8.78 Å². The Balaban J connectivity index is 3.08. The number of nitrogens with one attached hydrogen (secondary N) is 1. The van der Waals surface area contributed by atoms with E-state index in [1.165, 1.54) is 6.92 Å². The van der Waals surface area contributed by atoms with E-state index in [-0.39, 0.29) is 5.84 Å². The van der Waals surface area contributed by atoms with E-state index in [1.807, 2.05) is 0 Å². The second-order valence-electron chi connectivity index (χ2n) is 3.60. The van der Waals surface area contributed by atoms with Crippen molar-refractivity contribution in [3.05, 3.63) is 29.1 Å². The summed E-state index contributed by atoms with van der Waals surface area (Å²) in [6, 6.07) is -0.689. The summed E-state index contributed by atoms with van der Waals surface area (Å²) in [6.07, 6.45) is 0. The van der Waals surface area contributed by atoms with Crippen molar-refractivity contribution in [1.29, 1.82) is 0 Å². The number of nitrogens with zero attached hydrogens (tertiary/aromatic N) is 1. The highest BCUT2D eigenvalue weighted by molar-refractivity contribution is 5.98. The van der Waals surface area contributed by atoms with Crippen LogP contribution >= 0.6 is 0 Å². The van der Waals surface area contributed by atoms with E-state index in [0.717, 1.165) is 0 Å². The molecule has 0 saturated carbocycles. The second kappa shape index (κ2) is 5.46. The fourth-order valence-electron chi connectivity index (χ4n) is 1.19. The van der Waals surface area contributed by atoms with Gasteiger partial charge < -0.3 is 21.4 Å². The third kappa shape index (κ3) is 2.87. The zero-order valence-corrected chi connectivity index (χ0v) is 9.62. The van der Waals surface area contributed by atoms with Gasteiger partial charge in [-0.05, 0) is 13.0 Å². The monoisotopic (exact) mass is 277 g/mol. The Labute approximate surface area is 105 Å². The summed E-state index contributed by atoms with van der Waals surface area (Å²) in [6.45, 7) is 1.31. The molecule has 19 heavy (non-hydrogen) atoms. The molecule has 104 valence electrons. The van der Waals surface area contributed by atoms with Crippen LogP contribution < -0.4 is 11.1 Å². The number of amidine groups is 1. The zero-order chi connectivity index (χ0) is 14.7. The summed E-state index contributed by atoms with van der Waals surface area (Å²) < 4.78 is 39.2. The third-order valence-corrected chi connectivity index (χ3v) is 2.28. The molecule has 0 aliphatic carbocycles. The summed E-state index contributed by atoms with van der Waals surface area (Å²) >= 11 is 0. The summed E-state index contributed by atoms with van der Waals surface area (Å²) in [4.78, 5) is 11.6. The molecule has 1 rings (SSSR count). The average molecular weight is 277 g/mol. The lowest BCUT2D eigenvalue weighted by molar-refractivity contribution is 0.0942. The molecule has 0 aromatic heterocycles. The normalized spacial score (nSPS) is 13.2. The minimum Gasteiger partial charge on any atom is -0.503 e. The van der Waals surface area contributed by atoms with E-state index in [1.54, 1.807) is 0 Å². The molecule has 0 heterocycles. The minimum absolute atomic E-state index is 0.290. The van der Waals surface area contributed by atoms with Crippen molar-refractivity contribution in [1.82, 2.24) is 5.32 Å². The second-order valence-corrected chi connectivity index (χ2v) is 3.60. The molecule has 1 aromatic rings. The van der Waals surface area contributed by atoms with E-state index in [0.29, 0.717) is 6.07 Å². The number of phenolic OH excluding ortho intramolecular Hbond substituents is 1. The standard InChI is InChI=1S/C10H10F3N3O3/c1-3(9(14)16-19)15-10(18)4-2-5(11)7(13)8(17)6(4)12/h2-3,17,19H,1H3,(H2,14,16)(H,15,18). The van der Waals surface area contributed by atoms with Crippen LogP contribution in [0.3, 0.4) is 0 Å². The van der Waals surface area contributed by atoms with Crippen molar-refractivity contribution >= 4 is 11.7 Å². The Bertz CT molecular complexity index is 549. The number of halogens is 3. The van der Waals surface area contributed by atoms with Crippen molar-refractivity contribution in [2.24, 2.45) is 10.9 Å². The van der Waals surface area contributed by atoms with Crippen LogP contribution in [0.4, 0.5) is 13.2 Å². The number of hydrogen-bond donors (Lipinski definition) is 4. The van der Waals surface area contributed by atoms with Crippen LogP contribution in [0.15, 0.2) is 11.2 Å². The Morgan fingerprint density at radius 2 is 2.00 bits per heavy atom. The fourth-order valence-corrected chi connectivity index (χ4v) is 1.19. The summed E-state index contributed by atoms with van der Waals surface area (Å²) in [5, 5.41) is 22.0. The minimum atomic E-state index is -1.79. The topological polar surface area (TPSA) is 108 Å². The number of phenols is 1. The van der Waals surface area contributed by atoms with Crippen molar-refractivity contribution in [3.63, 3.8) is 0 Å². The Hall–Kier alpha value is -2.45. The van der Waals surface area contributed by atoms with Gasteiger partial charge in [0.05, 0.1) is 11.6 Å². The zero-order valence-electron chi connectivity index (χ0n) is 9.62. The van der Waals surface area contributed by atoms with Crippen LogP contribution in [0.1, 0.15) is 17.3 Å². The molecule has 1 atom stereocenters. The number of amides is 1. The van der Waals surface area contributed by atoms with E-state index >= 15 is 0 Å². The maximum Gasteiger partial charge on any atom is 0.255 e. The van der Waals surface area contributed by atoms with Crippen molar-refractivity contribution < 1.29 is 28.3 Å². The van der Waals surface area contributed by atoms with E-state index in [9.17, 15) is 18.0 Å². The Morgan fingerprint density at radius 3 is 2.53 bits per heavy atom. The molecule has 0 spiro atoms. The largest absolute Gasteiger partial charge is 0.503 e. The molecule has 0 aliphatic heterocycles. The average Bonchev–Trinajstić information content (AvgIpc) is 2.39.